The van der Waals surface area contributed by atoms with Crippen LogP contribution in [0.2, 0.25) is 0 Å². The molecule has 0 fully saturated rings. The number of hydrogen-bond acceptors (Lipinski definition) is 3. The van der Waals surface area contributed by atoms with E-state index in [4.69, 9.17) is 5.73 Å². The Hall–Kier alpha value is -1.91. The first-order valence-electron chi connectivity index (χ1n) is 7.08. The van der Waals surface area contributed by atoms with E-state index in [9.17, 15) is 4.79 Å². The van der Waals surface area contributed by atoms with Gasteiger partial charge in [0.2, 0.25) is 5.91 Å². The van der Waals surface area contributed by atoms with Gasteiger partial charge in [-0.15, -0.1) is 11.3 Å². The number of nitrogens with zero attached hydrogens (tertiary/aromatic N) is 1. The summed E-state index contributed by atoms with van der Waals surface area (Å²) in [5.74, 6) is 0.0146. The molecule has 4 heteroatoms. The van der Waals surface area contributed by atoms with Crippen LogP contribution < -0.4 is 5.73 Å². The molecule has 2 N–H and O–H groups in total. The molecule has 108 valence electrons. The van der Waals surface area contributed by atoms with Gasteiger partial charge in [0.05, 0.1) is 0 Å². The average molecular weight is 298 g/mol. The molecule has 1 atom stereocenters. The Morgan fingerprint density at radius 2 is 2.00 bits per heavy atom. The van der Waals surface area contributed by atoms with E-state index in [1.807, 2.05) is 40.6 Å². The van der Waals surface area contributed by atoms with Crippen LogP contribution in [0.4, 0.5) is 0 Å². The van der Waals surface area contributed by atoms with Crippen LogP contribution in [-0.4, -0.2) is 23.9 Å². The van der Waals surface area contributed by atoms with Crippen molar-refractivity contribution < 1.29 is 4.79 Å². The van der Waals surface area contributed by atoms with Crippen LogP contribution in [0.25, 0.3) is 5.57 Å². The summed E-state index contributed by atoms with van der Waals surface area (Å²) in [6, 6.07) is 13.6. The van der Waals surface area contributed by atoms with Gasteiger partial charge >= 0.3 is 0 Å². The molecule has 2 aromatic rings. The monoisotopic (exact) mass is 298 g/mol. The maximum absolute atomic E-state index is 12.4. The van der Waals surface area contributed by atoms with E-state index in [-0.39, 0.29) is 5.91 Å². The topological polar surface area (TPSA) is 46.3 Å². The lowest BCUT2D eigenvalue weighted by Crippen LogP contribution is -2.40. The van der Waals surface area contributed by atoms with E-state index in [2.05, 4.69) is 18.2 Å². The number of carbonyl (C=O) groups excluding carboxylic acids is 1. The van der Waals surface area contributed by atoms with Gasteiger partial charge < -0.3 is 10.6 Å². The minimum atomic E-state index is -0.531. The molecule has 0 radical (unpaired) electrons. The van der Waals surface area contributed by atoms with Gasteiger partial charge in [-0.3, -0.25) is 4.79 Å². The van der Waals surface area contributed by atoms with Crippen molar-refractivity contribution in [3.8, 4) is 0 Å². The molecule has 0 saturated heterocycles. The molecule has 1 aliphatic heterocycles. The zero-order chi connectivity index (χ0) is 14.7. The van der Waals surface area contributed by atoms with Gasteiger partial charge in [-0.05, 0) is 29.0 Å². The highest BCUT2D eigenvalue weighted by Crippen LogP contribution is 2.24. The third kappa shape index (κ3) is 3.06. The third-order valence-corrected chi connectivity index (χ3v) is 4.74. The lowest BCUT2D eigenvalue weighted by Gasteiger charge is -2.28. The fraction of sp³-hybridized carbons (Fsp3) is 0.235. The Kier molecular flexibility index (Phi) is 4.18. The van der Waals surface area contributed by atoms with Crippen LogP contribution in [0.15, 0.2) is 53.9 Å². The summed E-state index contributed by atoms with van der Waals surface area (Å²) in [7, 11) is 0. The summed E-state index contributed by atoms with van der Waals surface area (Å²) >= 11 is 1.53. The number of rotatable bonds is 3. The van der Waals surface area contributed by atoms with Gasteiger partial charge in [0.1, 0.15) is 6.04 Å². The minimum Gasteiger partial charge on any atom is -0.337 e. The van der Waals surface area contributed by atoms with Crippen molar-refractivity contribution in [1.82, 2.24) is 4.90 Å². The largest absolute Gasteiger partial charge is 0.337 e. The smallest absolute Gasteiger partial charge is 0.245 e. The number of thiophene rings is 1. The normalized spacial score (nSPS) is 16.4. The van der Waals surface area contributed by atoms with Gasteiger partial charge in [-0.25, -0.2) is 0 Å². The van der Waals surface area contributed by atoms with Gasteiger partial charge in [-0.1, -0.05) is 42.5 Å². The highest BCUT2D eigenvalue weighted by molar-refractivity contribution is 7.10. The Morgan fingerprint density at radius 3 is 2.62 bits per heavy atom. The van der Waals surface area contributed by atoms with Crippen molar-refractivity contribution in [2.45, 2.75) is 12.5 Å². The van der Waals surface area contributed by atoms with Crippen molar-refractivity contribution in [2.24, 2.45) is 5.73 Å². The summed E-state index contributed by atoms with van der Waals surface area (Å²) in [6.45, 7) is 1.38. The number of nitrogens with two attached hydrogens (primary N) is 1. The maximum Gasteiger partial charge on any atom is 0.245 e. The van der Waals surface area contributed by atoms with E-state index >= 15 is 0 Å². The van der Waals surface area contributed by atoms with E-state index in [1.165, 1.54) is 22.5 Å². The lowest BCUT2D eigenvalue weighted by molar-refractivity contribution is -0.132. The summed E-state index contributed by atoms with van der Waals surface area (Å²) in [4.78, 5) is 15.2. The lowest BCUT2D eigenvalue weighted by atomic mass is 9.99. The SMILES string of the molecule is NC(C(=O)N1CC=C(c2ccccc2)CC1)c1cccs1. The van der Waals surface area contributed by atoms with Crippen molar-refractivity contribution in [1.29, 1.82) is 0 Å². The average Bonchev–Trinajstić information content (AvgIpc) is 3.09. The molecule has 1 aliphatic rings. The van der Waals surface area contributed by atoms with E-state index in [1.54, 1.807) is 0 Å². The molecular formula is C17H18N2OS. The van der Waals surface area contributed by atoms with Crippen molar-refractivity contribution >= 4 is 22.8 Å². The van der Waals surface area contributed by atoms with Crippen LogP contribution in [0.3, 0.4) is 0 Å². The number of benzene rings is 1. The molecule has 2 heterocycles. The summed E-state index contributed by atoms with van der Waals surface area (Å²) in [6.07, 6.45) is 3.02. The standard InChI is InChI=1S/C17H18N2OS/c18-16(15-7-4-12-21-15)17(20)19-10-8-14(9-11-19)13-5-2-1-3-6-13/h1-8,12,16H,9-11,18H2. The summed E-state index contributed by atoms with van der Waals surface area (Å²) in [5, 5.41) is 1.95. The third-order valence-electron chi connectivity index (χ3n) is 3.78. The number of carbonyl (C=O) groups is 1. The molecule has 21 heavy (non-hydrogen) atoms. The molecule has 0 aliphatic carbocycles. The first-order valence-corrected chi connectivity index (χ1v) is 7.96. The Morgan fingerprint density at radius 1 is 1.19 bits per heavy atom. The molecule has 3 rings (SSSR count). The minimum absolute atomic E-state index is 0.0146. The first-order chi connectivity index (χ1) is 10.3. The molecular weight excluding hydrogens is 280 g/mol. The van der Waals surface area contributed by atoms with Crippen molar-refractivity contribution in [3.63, 3.8) is 0 Å². The van der Waals surface area contributed by atoms with Crippen molar-refractivity contribution in [3.05, 3.63) is 64.4 Å². The van der Waals surface area contributed by atoms with E-state index in [0.717, 1.165) is 17.8 Å². The fourth-order valence-electron chi connectivity index (χ4n) is 2.57. The second kappa shape index (κ2) is 6.24. The van der Waals surface area contributed by atoms with Crippen LogP contribution in [-0.2, 0) is 4.79 Å². The molecule has 0 bridgehead atoms. The molecule has 1 amide bonds. The van der Waals surface area contributed by atoms with Gasteiger partial charge in [0.25, 0.3) is 0 Å². The summed E-state index contributed by atoms with van der Waals surface area (Å²) < 4.78 is 0. The van der Waals surface area contributed by atoms with E-state index < -0.39 is 6.04 Å². The molecule has 3 nitrogen and oxygen atoms in total. The zero-order valence-corrected chi connectivity index (χ0v) is 12.6. The molecule has 1 unspecified atom stereocenters. The highest BCUT2D eigenvalue weighted by Gasteiger charge is 2.24. The quantitative estimate of drug-likeness (QED) is 0.946. The van der Waals surface area contributed by atoms with Crippen molar-refractivity contribution in [2.75, 3.05) is 13.1 Å². The summed E-state index contributed by atoms with van der Waals surface area (Å²) in [5.41, 5.74) is 8.61. The van der Waals surface area contributed by atoms with Crippen LogP contribution in [0, 0.1) is 0 Å². The number of hydrogen-bond donors (Lipinski definition) is 1. The second-order valence-electron chi connectivity index (χ2n) is 5.12. The van der Waals surface area contributed by atoms with Gasteiger partial charge in [-0.2, -0.15) is 0 Å². The fourth-order valence-corrected chi connectivity index (χ4v) is 3.29. The highest BCUT2D eigenvalue weighted by atomic mass is 32.1. The molecule has 1 aromatic carbocycles. The molecule has 0 saturated carbocycles. The Bertz CT molecular complexity index is 634. The predicted octanol–water partition coefficient (Wildman–Crippen LogP) is 3.06. The van der Waals surface area contributed by atoms with Gasteiger partial charge in [0, 0.05) is 18.0 Å². The Labute approximate surface area is 128 Å². The maximum atomic E-state index is 12.4. The second-order valence-corrected chi connectivity index (χ2v) is 6.10. The van der Waals surface area contributed by atoms with Crippen LogP contribution in [0.1, 0.15) is 22.9 Å². The van der Waals surface area contributed by atoms with Crippen LogP contribution in [0.5, 0.6) is 0 Å². The number of amides is 1. The predicted molar refractivity (Wildman–Crippen MR) is 86.9 cm³/mol. The molecule has 1 aromatic heterocycles. The van der Waals surface area contributed by atoms with Gasteiger partial charge in [0.15, 0.2) is 0 Å². The zero-order valence-electron chi connectivity index (χ0n) is 11.7. The Balaban J connectivity index is 1.68. The first kappa shape index (κ1) is 14.0. The van der Waals surface area contributed by atoms with E-state index in [0.29, 0.717) is 6.54 Å². The molecule has 0 spiro atoms. The van der Waals surface area contributed by atoms with Crippen LogP contribution >= 0.6 is 11.3 Å².